The molecule has 1 atom stereocenters. The standard InChI is InChI=1S/C10H23N3O/c1-8(11)6-5-7-12-9(14)13-10(2,3)4/h8H,5-7,11H2,1-4H3,(H2,12,13,14). The molecule has 0 fully saturated rings. The van der Waals surface area contributed by atoms with E-state index in [9.17, 15) is 4.79 Å². The lowest BCUT2D eigenvalue weighted by Crippen LogP contribution is -2.46. The molecule has 0 aliphatic heterocycles. The third-order valence-electron chi connectivity index (χ3n) is 1.61. The molecule has 84 valence electrons. The lowest BCUT2D eigenvalue weighted by molar-refractivity contribution is 0.232. The van der Waals surface area contributed by atoms with Crippen LogP contribution in [0.3, 0.4) is 0 Å². The fraction of sp³-hybridized carbons (Fsp3) is 0.900. The highest BCUT2D eigenvalue weighted by Crippen LogP contribution is 1.97. The summed E-state index contributed by atoms with van der Waals surface area (Å²) in [6, 6.07) is 0.102. The first-order valence-corrected chi connectivity index (χ1v) is 5.13. The molecule has 0 radical (unpaired) electrons. The molecule has 0 saturated heterocycles. The Labute approximate surface area is 86.6 Å². The SMILES string of the molecule is CC(N)CCCNC(=O)NC(C)(C)C. The minimum Gasteiger partial charge on any atom is -0.338 e. The van der Waals surface area contributed by atoms with Crippen molar-refractivity contribution in [3.8, 4) is 0 Å². The van der Waals surface area contributed by atoms with Gasteiger partial charge in [-0.2, -0.15) is 0 Å². The number of urea groups is 1. The van der Waals surface area contributed by atoms with E-state index in [2.05, 4.69) is 10.6 Å². The number of rotatable bonds is 4. The molecule has 0 bridgehead atoms. The summed E-state index contributed by atoms with van der Waals surface area (Å²) in [5.41, 5.74) is 5.41. The van der Waals surface area contributed by atoms with Gasteiger partial charge in [0.25, 0.3) is 0 Å². The Hall–Kier alpha value is -0.770. The van der Waals surface area contributed by atoms with Crippen LogP contribution in [0.1, 0.15) is 40.5 Å². The third kappa shape index (κ3) is 9.32. The van der Waals surface area contributed by atoms with E-state index in [1.807, 2.05) is 27.7 Å². The minimum absolute atomic E-state index is 0.109. The van der Waals surface area contributed by atoms with Crippen LogP contribution < -0.4 is 16.4 Å². The average molecular weight is 201 g/mol. The molecule has 0 aliphatic carbocycles. The molecule has 0 saturated carbocycles. The van der Waals surface area contributed by atoms with Gasteiger partial charge in [-0.3, -0.25) is 0 Å². The van der Waals surface area contributed by atoms with Crippen LogP contribution in [0.15, 0.2) is 0 Å². The van der Waals surface area contributed by atoms with Crippen molar-refractivity contribution in [2.24, 2.45) is 5.73 Å². The van der Waals surface area contributed by atoms with E-state index in [0.29, 0.717) is 6.54 Å². The summed E-state index contributed by atoms with van der Waals surface area (Å²) in [6.07, 6.45) is 1.87. The molecule has 0 aromatic rings. The number of hydrogen-bond acceptors (Lipinski definition) is 2. The molecular formula is C10H23N3O. The van der Waals surface area contributed by atoms with Gasteiger partial charge in [0.15, 0.2) is 0 Å². The summed E-state index contributed by atoms with van der Waals surface area (Å²) < 4.78 is 0. The molecule has 4 heteroatoms. The lowest BCUT2D eigenvalue weighted by atomic mass is 10.1. The van der Waals surface area contributed by atoms with E-state index in [0.717, 1.165) is 12.8 Å². The van der Waals surface area contributed by atoms with Gasteiger partial charge in [-0.15, -0.1) is 0 Å². The Bertz CT molecular complexity index is 173. The van der Waals surface area contributed by atoms with Crippen molar-refractivity contribution in [3.63, 3.8) is 0 Å². The summed E-state index contributed by atoms with van der Waals surface area (Å²) in [7, 11) is 0. The van der Waals surface area contributed by atoms with Crippen molar-refractivity contribution >= 4 is 6.03 Å². The quantitative estimate of drug-likeness (QED) is 0.598. The van der Waals surface area contributed by atoms with Crippen LogP contribution in [0, 0.1) is 0 Å². The van der Waals surface area contributed by atoms with E-state index in [4.69, 9.17) is 5.73 Å². The Kier molecular flexibility index (Phi) is 5.53. The maximum atomic E-state index is 11.2. The van der Waals surface area contributed by atoms with E-state index in [-0.39, 0.29) is 17.6 Å². The fourth-order valence-electron chi connectivity index (χ4n) is 1.01. The van der Waals surface area contributed by atoms with E-state index in [1.54, 1.807) is 0 Å². The Balaban J connectivity index is 3.46. The molecule has 0 aromatic carbocycles. The summed E-state index contributed by atoms with van der Waals surface area (Å²) in [6.45, 7) is 8.51. The molecule has 0 spiro atoms. The van der Waals surface area contributed by atoms with Crippen LogP contribution in [0.25, 0.3) is 0 Å². The molecule has 0 heterocycles. The van der Waals surface area contributed by atoms with Crippen molar-refractivity contribution in [1.82, 2.24) is 10.6 Å². The number of carbonyl (C=O) groups excluding carboxylic acids is 1. The minimum atomic E-state index is -0.175. The predicted molar refractivity (Wildman–Crippen MR) is 59.2 cm³/mol. The smallest absolute Gasteiger partial charge is 0.315 e. The normalized spacial score (nSPS) is 13.5. The molecular weight excluding hydrogens is 178 g/mol. The average Bonchev–Trinajstić information content (AvgIpc) is 1.94. The van der Waals surface area contributed by atoms with E-state index in [1.165, 1.54) is 0 Å². The molecule has 4 N–H and O–H groups in total. The van der Waals surface area contributed by atoms with Crippen LogP contribution in [0.5, 0.6) is 0 Å². The van der Waals surface area contributed by atoms with E-state index >= 15 is 0 Å². The maximum absolute atomic E-state index is 11.2. The van der Waals surface area contributed by atoms with Crippen molar-refractivity contribution in [3.05, 3.63) is 0 Å². The topological polar surface area (TPSA) is 67.1 Å². The second-order valence-electron chi connectivity index (χ2n) is 4.75. The van der Waals surface area contributed by atoms with Gasteiger partial charge in [-0.1, -0.05) is 0 Å². The maximum Gasteiger partial charge on any atom is 0.315 e. The first-order chi connectivity index (χ1) is 6.31. The zero-order chi connectivity index (χ0) is 11.2. The monoisotopic (exact) mass is 201 g/mol. The van der Waals surface area contributed by atoms with Gasteiger partial charge < -0.3 is 16.4 Å². The fourth-order valence-corrected chi connectivity index (χ4v) is 1.01. The molecule has 14 heavy (non-hydrogen) atoms. The van der Waals surface area contributed by atoms with E-state index < -0.39 is 0 Å². The zero-order valence-electron chi connectivity index (χ0n) is 9.68. The predicted octanol–water partition coefficient (Wildman–Crippen LogP) is 1.21. The Morgan fingerprint density at radius 2 is 2.00 bits per heavy atom. The number of carbonyl (C=O) groups is 1. The van der Waals surface area contributed by atoms with Gasteiger partial charge in [-0.05, 0) is 40.5 Å². The first kappa shape index (κ1) is 13.2. The largest absolute Gasteiger partial charge is 0.338 e. The summed E-state index contributed by atoms with van der Waals surface area (Å²) >= 11 is 0. The van der Waals surface area contributed by atoms with Crippen LogP contribution in [0.2, 0.25) is 0 Å². The van der Waals surface area contributed by atoms with Gasteiger partial charge in [0, 0.05) is 18.1 Å². The van der Waals surface area contributed by atoms with Gasteiger partial charge in [0.05, 0.1) is 0 Å². The Morgan fingerprint density at radius 3 is 2.43 bits per heavy atom. The second kappa shape index (κ2) is 5.86. The number of amides is 2. The summed E-state index contributed by atoms with van der Waals surface area (Å²) in [5.74, 6) is 0. The van der Waals surface area contributed by atoms with Crippen molar-refractivity contribution < 1.29 is 4.79 Å². The third-order valence-corrected chi connectivity index (χ3v) is 1.61. The zero-order valence-corrected chi connectivity index (χ0v) is 9.68. The number of hydrogen-bond donors (Lipinski definition) is 3. The number of nitrogens with two attached hydrogens (primary N) is 1. The van der Waals surface area contributed by atoms with Crippen molar-refractivity contribution in [1.29, 1.82) is 0 Å². The molecule has 0 rings (SSSR count). The molecule has 0 aliphatic rings. The Morgan fingerprint density at radius 1 is 1.43 bits per heavy atom. The van der Waals surface area contributed by atoms with Crippen LogP contribution in [-0.4, -0.2) is 24.2 Å². The first-order valence-electron chi connectivity index (χ1n) is 5.13. The second-order valence-corrected chi connectivity index (χ2v) is 4.75. The number of nitrogens with one attached hydrogen (secondary N) is 2. The molecule has 4 nitrogen and oxygen atoms in total. The summed E-state index contributed by atoms with van der Waals surface area (Å²) in [5, 5.41) is 5.61. The van der Waals surface area contributed by atoms with Gasteiger partial charge >= 0.3 is 6.03 Å². The highest BCUT2D eigenvalue weighted by Gasteiger charge is 2.12. The molecule has 1 unspecified atom stereocenters. The van der Waals surface area contributed by atoms with Crippen LogP contribution >= 0.6 is 0 Å². The van der Waals surface area contributed by atoms with Gasteiger partial charge in [0.1, 0.15) is 0 Å². The van der Waals surface area contributed by atoms with Crippen LogP contribution in [-0.2, 0) is 0 Å². The van der Waals surface area contributed by atoms with Gasteiger partial charge in [0.2, 0.25) is 0 Å². The van der Waals surface area contributed by atoms with Crippen molar-refractivity contribution in [2.75, 3.05) is 6.54 Å². The summed E-state index contributed by atoms with van der Waals surface area (Å²) in [4.78, 5) is 11.2. The highest BCUT2D eigenvalue weighted by molar-refractivity contribution is 5.74. The highest BCUT2D eigenvalue weighted by atomic mass is 16.2. The molecule has 2 amide bonds. The van der Waals surface area contributed by atoms with Crippen molar-refractivity contribution in [2.45, 2.75) is 52.1 Å². The molecule has 0 aromatic heterocycles. The van der Waals surface area contributed by atoms with Gasteiger partial charge in [-0.25, -0.2) is 4.79 Å². The lowest BCUT2D eigenvalue weighted by Gasteiger charge is -2.20. The van der Waals surface area contributed by atoms with Crippen LogP contribution in [0.4, 0.5) is 4.79 Å².